The van der Waals surface area contributed by atoms with E-state index in [0.29, 0.717) is 16.9 Å². The van der Waals surface area contributed by atoms with Crippen molar-refractivity contribution in [2.24, 2.45) is 0 Å². The van der Waals surface area contributed by atoms with E-state index in [1.54, 1.807) is 7.11 Å². The summed E-state index contributed by atoms with van der Waals surface area (Å²) >= 11 is 1.41. The first-order valence-electron chi connectivity index (χ1n) is 5.86. The number of hydrogen-bond donors (Lipinski definition) is 1. The fourth-order valence-corrected chi connectivity index (χ4v) is 2.76. The molecule has 2 aromatic heterocycles. The van der Waals surface area contributed by atoms with Crippen LogP contribution in [-0.4, -0.2) is 17.1 Å². The van der Waals surface area contributed by atoms with Crippen LogP contribution in [0.4, 0.5) is 0 Å². The third kappa shape index (κ3) is 2.24. The van der Waals surface area contributed by atoms with E-state index in [-0.39, 0.29) is 5.56 Å². The molecule has 1 aromatic carbocycles. The second-order valence-electron chi connectivity index (χ2n) is 4.14. The van der Waals surface area contributed by atoms with Gasteiger partial charge >= 0.3 is 0 Å². The van der Waals surface area contributed by atoms with E-state index in [4.69, 9.17) is 4.74 Å². The second kappa shape index (κ2) is 4.85. The van der Waals surface area contributed by atoms with E-state index >= 15 is 0 Å². The number of nitrogens with zero attached hydrogens (tertiary/aromatic N) is 1. The van der Waals surface area contributed by atoms with Crippen LogP contribution in [0.25, 0.3) is 10.2 Å². The molecule has 0 aliphatic rings. The molecule has 0 saturated carbocycles. The molecule has 0 aliphatic carbocycles. The molecule has 96 valence electrons. The number of fused-ring (bicyclic) bond motifs is 1. The zero-order valence-electron chi connectivity index (χ0n) is 10.3. The van der Waals surface area contributed by atoms with E-state index in [9.17, 15) is 4.79 Å². The predicted molar refractivity (Wildman–Crippen MR) is 76.0 cm³/mol. The van der Waals surface area contributed by atoms with Gasteiger partial charge in [0.05, 0.1) is 12.6 Å². The summed E-state index contributed by atoms with van der Waals surface area (Å²) in [5, 5.41) is 1.87. The summed E-state index contributed by atoms with van der Waals surface area (Å²) in [6.07, 6.45) is 0.547. The minimum atomic E-state index is -0.0788. The topological polar surface area (TPSA) is 55.0 Å². The molecule has 5 heteroatoms. The first kappa shape index (κ1) is 11.9. The molecule has 0 bridgehead atoms. The Bertz CT molecular complexity index is 776. The van der Waals surface area contributed by atoms with Crippen LogP contribution in [0.15, 0.2) is 40.5 Å². The van der Waals surface area contributed by atoms with E-state index in [0.717, 1.165) is 16.8 Å². The molecule has 0 spiro atoms. The number of aromatic nitrogens is 2. The van der Waals surface area contributed by atoms with Crippen molar-refractivity contribution in [2.45, 2.75) is 6.42 Å². The Balaban J connectivity index is 2.03. The van der Waals surface area contributed by atoms with Crippen LogP contribution in [0, 0.1) is 0 Å². The number of rotatable bonds is 3. The lowest BCUT2D eigenvalue weighted by Crippen LogP contribution is -2.10. The van der Waals surface area contributed by atoms with Crippen LogP contribution in [-0.2, 0) is 6.42 Å². The lowest BCUT2D eigenvalue weighted by atomic mass is 10.1. The SMILES string of the molecule is COc1ccccc1Cc1nc2ccsc2c(=O)[nH]1. The van der Waals surface area contributed by atoms with Crippen molar-refractivity contribution in [2.75, 3.05) is 7.11 Å². The van der Waals surface area contributed by atoms with Crippen molar-refractivity contribution in [3.63, 3.8) is 0 Å². The highest BCUT2D eigenvalue weighted by atomic mass is 32.1. The quantitative estimate of drug-likeness (QED) is 0.797. The molecule has 0 fully saturated rings. The van der Waals surface area contributed by atoms with Gasteiger partial charge in [-0.15, -0.1) is 11.3 Å². The van der Waals surface area contributed by atoms with Crippen LogP contribution in [0.1, 0.15) is 11.4 Å². The average Bonchev–Trinajstić information content (AvgIpc) is 2.88. The summed E-state index contributed by atoms with van der Waals surface area (Å²) in [4.78, 5) is 19.2. The lowest BCUT2D eigenvalue weighted by molar-refractivity contribution is 0.410. The molecule has 3 aromatic rings. The van der Waals surface area contributed by atoms with Crippen LogP contribution < -0.4 is 10.3 Å². The van der Waals surface area contributed by atoms with E-state index in [1.807, 2.05) is 35.7 Å². The van der Waals surface area contributed by atoms with Gasteiger partial charge in [0.1, 0.15) is 16.3 Å². The van der Waals surface area contributed by atoms with Crippen molar-refractivity contribution in [1.82, 2.24) is 9.97 Å². The Kier molecular flexibility index (Phi) is 3.05. The first-order chi connectivity index (χ1) is 9.28. The zero-order valence-corrected chi connectivity index (χ0v) is 11.2. The molecule has 2 heterocycles. The summed E-state index contributed by atoms with van der Waals surface area (Å²) < 4.78 is 5.97. The Labute approximate surface area is 113 Å². The van der Waals surface area contributed by atoms with Gasteiger partial charge in [0.15, 0.2) is 0 Å². The van der Waals surface area contributed by atoms with Gasteiger partial charge < -0.3 is 9.72 Å². The molecular weight excluding hydrogens is 260 g/mol. The van der Waals surface area contributed by atoms with Crippen LogP contribution in [0.2, 0.25) is 0 Å². The molecule has 0 saturated heterocycles. The maximum absolute atomic E-state index is 11.9. The average molecular weight is 272 g/mol. The highest BCUT2D eigenvalue weighted by molar-refractivity contribution is 7.17. The fourth-order valence-electron chi connectivity index (χ4n) is 2.03. The molecule has 0 amide bonds. The zero-order chi connectivity index (χ0) is 13.2. The highest BCUT2D eigenvalue weighted by Crippen LogP contribution is 2.20. The summed E-state index contributed by atoms with van der Waals surface area (Å²) in [6.45, 7) is 0. The van der Waals surface area contributed by atoms with Gasteiger partial charge in [0, 0.05) is 12.0 Å². The van der Waals surface area contributed by atoms with Gasteiger partial charge in [0.2, 0.25) is 0 Å². The number of para-hydroxylation sites is 1. The second-order valence-corrected chi connectivity index (χ2v) is 5.05. The minimum absolute atomic E-state index is 0.0788. The van der Waals surface area contributed by atoms with Crippen molar-refractivity contribution in [3.05, 3.63) is 57.5 Å². The molecule has 0 radical (unpaired) electrons. The number of H-pyrrole nitrogens is 1. The molecular formula is C14H12N2O2S. The van der Waals surface area contributed by atoms with Crippen molar-refractivity contribution in [3.8, 4) is 5.75 Å². The Hall–Kier alpha value is -2.14. The molecule has 0 atom stereocenters. The van der Waals surface area contributed by atoms with E-state index in [2.05, 4.69) is 9.97 Å². The Morgan fingerprint density at radius 2 is 2.16 bits per heavy atom. The number of thiophene rings is 1. The Morgan fingerprint density at radius 1 is 1.32 bits per heavy atom. The van der Waals surface area contributed by atoms with Crippen LogP contribution >= 0.6 is 11.3 Å². The highest BCUT2D eigenvalue weighted by Gasteiger charge is 2.08. The lowest BCUT2D eigenvalue weighted by Gasteiger charge is -2.07. The number of nitrogens with one attached hydrogen (secondary N) is 1. The summed E-state index contributed by atoms with van der Waals surface area (Å²) in [7, 11) is 1.64. The third-order valence-electron chi connectivity index (χ3n) is 2.91. The summed E-state index contributed by atoms with van der Waals surface area (Å²) in [5.74, 6) is 1.45. The predicted octanol–water partition coefficient (Wildman–Crippen LogP) is 2.58. The van der Waals surface area contributed by atoms with Gasteiger partial charge in [-0.1, -0.05) is 18.2 Å². The summed E-state index contributed by atoms with van der Waals surface area (Å²) in [5.41, 5.74) is 1.67. The largest absolute Gasteiger partial charge is 0.496 e. The minimum Gasteiger partial charge on any atom is -0.496 e. The maximum Gasteiger partial charge on any atom is 0.268 e. The Morgan fingerprint density at radius 3 is 3.00 bits per heavy atom. The smallest absolute Gasteiger partial charge is 0.268 e. The van der Waals surface area contributed by atoms with Crippen LogP contribution in [0.3, 0.4) is 0 Å². The molecule has 0 aliphatic heterocycles. The molecule has 4 nitrogen and oxygen atoms in total. The van der Waals surface area contributed by atoms with E-state index in [1.165, 1.54) is 11.3 Å². The van der Waals surface area contributed by atoms with Crippen molar-refractivity contribution < 1.29 is 4.74 Å². The maximum atomic E-state index is 11.9. The van der Waals surface area contributed by atoms with Crippen molar-refractivity contribution >= 4 is 21.6 Å². The molecule has 1 N–H and O–H groups in total. The third-order valence-corrected chi connectivity index (χ3v) is 3.82. The molecule has 19 heavy (non-hydrogen) atoms. The van der Waals surface area contributed by atoms with E-state index < -0.39 is 0 Å². The standard InChI is InChI=1S/C14H12N2O2S/c1-18-11-5-3-2-4-9(11)8-12-15-10-6-7-19-13(10)14(17)16-12/h2-7H,8H2,1H3,(H,15,16,17). The molecule has 3 rings (SSSR count). The molecule has 0 unspecified atom stereocenters. The number of methoxy groups -OCH3 is 1. The number of benzene rings is 1. The number of hydrogen-bond acceptors (Lipinski definition) is 4. The number of aromatic amines is 1. The van der Waals surface area contributed by atoms with Gasteiger partial charge in [-0.05, 0) is 17.5 Å². The van der Waals surface area contributed by atoms with Gasteiger partial charge in [-0.2, -0.15) is 0 Å². The number of ether oxygens (including phenoxy) is 1. The first-order valence-corrected chi connectivity index (χ1v) is 6.74. The fraction of sp³-hybridized carbons (Fsp3) is 0.143. The van der Waals surface area contributed by atoms with Gasteiger partial charge in [-0.3, -0.25) is 4.79 Å². The van der Waals surface area contributed by atoms with Crippen LogP contribution in [0.5, 0.6) is 5.75 Å². The van der Waals surface area contributed by atoms with Crippen molar-refractivity contribution in [1.29, 1.82) is 0 Å². The monoisotopic (exact) mass is 272 g/mol. The summed E-state index contributed by atoms with van der Waals surface area (Å²) in [6, 6.07) is 9.59. The van der Waals surface area contributed by atoms with Gasteiger partial charge in [0.25, 0.3) is 5.56 Å². The normalized spacial score (nSPS) is 10.8. The van der Waals surface area contributed by atoms with Gasteiger partial charge in [-0.25, -0.2) is 4.98 Å².